The quantitative estimate of drug-likeness (QED) is 0.0954. The molecule has 0 fully saturated rings. The second-order valence-corrected chi connectivity index (χ2v) is 16.6. The maximum atomic E-state index is 14.2. The Kier molecular flexibility index (Phi) is 12.8. The lowest BCUT2D eigenvalue weighted by atomic mass is 9.93. The molecule has 10 rings (SSSR count). The zero-order chi connectivity index (χ0) is 47.8. The maximum absolute atomic E-state index is 14.2. The molecule has 0 amide bonds. The van der Waals surface area contributed by atoms with Crippen LogP contribution >= 0.6 is 0 Å². The van der Waals surface area contributed by atoms with Gasteiger partial charge in [-0.2, -0.15) is 0 Å². The maximum Gasteiger partial charge on any atom is 0.193 e. The minimum atomic E-state index is -0.269. The number of nitrogens with zero attached hydrogens (tertiary/aromatic N) is 2. The molecule has 6 heteroatoms. The fourth-order valence-corrected chi connectivity index (χ4v) is 8.81. The number of hydrogen-bond acceptors (Lipinski definition) is 6. The van der Waals surface area contributed by atoms with E-state index in [0.717, 1.165) is 45.3 Å². The molecule has 0 aliphatic rings. The molecular weight excluding hydrogens is 861 g/mol. The van der Waals surface area contributed by atoms with Gasteiger partial charge in [0, 0.05) is 78.5 Å². The first-order valence-electron chi connectivity index (χ1n) is 23.0. The third-order valence-electron chi connectivity index (χ3n) is 12.3. The van der Waals surface area contributed by atoms with Crippen molar-refractivity contribution in [1.82, 2.24) is 0 Å². The number of hydrogen-bond donors (Lipinski definition) is 0. The topological polar surface area (TPSA) is 74.8 Å². The standard InChI is InChI=1S/C64H44N2O4/c67-61(46-19-5-1-6-20-46)56-28-13-15-30-58(56)63(69)48-35-41-53(42-36-48)65(54-43-37-49(38-44-54)64(70)59-31-16-14-29-57(59)62(68)47-21-7-2-8-22-47)52-39-33-45(34-40-52)55-27-17-18-32-60(55)66(50-23-9-3-10-24-50)51-25-11-4-12-26-51/h1-44H. The molecule has 10 aromatic rings. The summed E-state index contributed by atoms with van der Waals surface area (Å²) in [6.45, 7) is 0. The second-order valence-electron chi connectivity index (χ2n) is 16.6. The van der Waals surface area contributed by atoms with Gasteiger partial charge in [-0.1, -0.05) is 176 Å². The van der Waals surface area contributed by atoms with Crippen LogP contribution in [0.5, 0.6) is 0 Å². The average Bonchev–Trinajstić information content (AvgIpc) is 3.44. The molecule has 334 valence electrons. The molecule has 0 heterocycles. The van der Waals surface area contributed by atoms with E-state index < -0.39 is 0 Å². The third-order valence-corrected chi connectivity index (χ3v) is 12.3. The van der Waals surface area contributed by atoms with E-state index in [4.69, 9.17) is 0 Å². The van der Waals surface area contributed by atoms with Gasteiger partial charge < -0.3 is 9.80 Å². The van der Waals surface area contributed by atoms with Crippen LogP contribution in [0.2, 0.25) is 0 Å². The molecule has 0 unspecified atom stereocenters. The molecule has 0 atom stereocenters. The van der Waals surface area contributed by atoms with Crippen LogP contribution < -0.4 is 9.80 Å². The summed E-state index contributed by atoms with van der Waals surface area (Å²) in [4.78, 5) is 59.9. The number of carbonyl (C=O) groups is 4. The van der Waals surface area contributed by atoms with E-state index in [2.05, 4.69) is 76.5 Å². The lowest BCUT2D eigenvalue weighted by molar-refractivity contribution is 0.100. The van der Waals surface area contributed by atoms with Crippen LogP contribution in [0.1, 0.15) is 63.7 Å². The predicted octanol–water partition coefficient (Wildman–Crippen LogP) is 15.2. The summed E-state index contributed by atoms with van der Waals surface area (Å²) in [5.74, 6) is -0.983. The van der Waals surface area contributed by atoms with E-state index in [1.807, 2.05) is 78.9 Å². The number of benzene rings is 10. The average molecular weight is 905 g/mol. The van der Waals surface area contributed by atoms with Crippen molar-refractivity contribution in [2.45, 2.75) is 0 Å². The van der Waals surface area contributed by atoms with Crippen LogP contribution in [0, 0.1) is 0 Å². The third kappa shape index (κ3) is 9.13. The van der Waals surface area contributed by atoms with Crippen LogP contribution in [0.4, 0.5) is 34.1 Å². The van der Waals surface area contributed by atoms with Gasteiger partial charge in [-0.3, -0.25) is 19.2 Å². The molecule has 70 heavy (non-hydrogen) atoms. The SMILES string of the molecule is O=C(c1ccccc1)c1ccccc1C(=O)c1ccc(N(c2ccc(C(=O)c3ccccc3C(=O)c3ccccc3)cc2)c2ccc(-c3ccccc3N(c3ccccc3)c3ccccc3)cc2)cc1. The van der Waals surface area contributed by atoms with Gasteiger partial charge in [-0.05, 0) is 96.6 Å². The van der Waals surface area contributed by atoms with Crippen LogP contribution in [0.15, 0.2) is 267 Å². The van der Waals surface area contributed by atoms with Gasteiger partial charge in [-0.25, -0.2) is 0 Å². The summed E-state index contributed by atoms with van der Waals surface area (Å²) in [6, 6.07) is 83.7. The van der Waals surface area contributed by atoms with Crippen molar-refractivity contribution in [3.05, 3.63) is 311 Å². The Morgan fingerprint density at radius 2 is 0.500 bits per heavy atom. The molecule has 0 aliphatic heterocycles. The molecule has 10 aromatic carbocycles. The summed E-state index contributed by atoms with van der Waals surface area (Å²) in [5, 5.41) is 0. The molecule has 0 radical (unpaired) electrons. The summed E-state index contributed by atoms with van der Waals surface area (Å²) in [6.07, 6.45) is 0. The lowest BCUT2D eigenvalue weighted by Gasteiger charge is -2.28. The summed E-state index contributed by atoms with van der Waals surface area (Å²) >= 11 is 0. The fourth-order valence-electron chi connectivity index (χ4n) is 8.81. The highest BCUT2D eigenvalue weighted by atomic mass is 16.1. The van der Waals surface area contributed by atoms with Gasteiger partial charge in [0.25, 0.3) is 0 Å². The van der Waals surface area contributed by atoms with E-state index >= 15 is 0 Å². The predicted molar refractivity (Wildman–Crippen MR) is 281 cm³/mol. The van der Waals surface area contributed by atoms with Crippen LogP contribution in [-0.4, -0.2) is 23.1 Å². The Balaban J connectivity index is 1.01. The molecule has 0 saturated heterocycles. The van der Waals surface area contributed by atoms with E-state index in [1.54, 1.807) is 121 Å². The van der Waals surface area contributed by atoms with Crippen molar-refractivity contribution in [1.29, 1.82) is 0 Å². The van der Waals surface area contributed by atoms with Gasteiger partial charge >= 0.3 is 0 Å². The molecule has 0 saturated carbocycles. The highest BCUT2D eigenvalue weighted by Gasteiger charge is 2.23. The fraction of sp³-hybridized carbons (Fsp3) is 0. The first-order valence-corrected chi connectivity index (χ1v) is 23.0. The van der Waals surface area contributed by atoms with E-state index in [0.29, 0.717) is 44.5 Å². The van der Waals surface area contributed by atoms with Crippen molar-refractivity contribution in [2.24, 2.45) is 0 Å². The van der Waals surface area contributed by atoms with E-state index in [9.17, 15) is 19.2 Å². The zero-order valence-electron chi connectivity index (χ0n) is 37.9. The molecule has 0 aliphatic carbocycles. The van der Waals surface area contributed by atoms with Gasteiger partial charge in [0.1, 0.15) is 0 Å². The number of carbonyl (C=O) groups excluding carboxylic acids is 4. The smallest absolute Gasteiger partial charge is 0.193 e. The Bertz CT molecular complexity index is 3280. The van der Waals surface area contributed by atoms with Crippen molar-refractivity contribution in [3.8, 4) is 11.1 Å². The zero-order valence-corrected chi connectivity index (χ0v) is 37.9. The van der Waals surface area contributed by atoms with Crippen molar-refractivity contribution >= 4 is 57.3 Å². The number of rotatable bonds is 15. The number of anilines is 6. The minimum Gasteiger partial charge on any atom is -0.311 e. The monoisotopic (exact) mass is 904 g/mol. The first kappa shape index (κ1) is 44.3. The molecular formula is C64H44N2O4. The normalized spacial score (nSPS) is 10.8. The molecule has 0 N–H and O–H groups in total. The Morgan fingerprint density at radius 1 is 0.229 bits per heavy atom. The Morgan fingerprint density at radius 3 is 0.871 bits per heavy atom. The molecule has 0 aromatic heterocycles. The molecule has 0 spiro atoms. The van der Waals surface area contributed by atoms with Gasteiger partial charge in [0.05, 0.1) is 5.69 Å². The minimum absolute atomic E-state index is 0.223. The van der Waals surface area contributed by atoms with E-state index in [1.165, 1.54) is 0 Å². The van der Waals surface area contributed by atoms with Gasteiger partial charge in [0.2, 0.25) is 0 Å². The van der Waals surface area contributed by atoms with Crippen LogP contribution in [-0.2, 0) is 0 Å². The van der Waals surface area contributed by atoms with Crippen molar-refractivity contribution in [3.63, 3.8) is 0 Å². The van der Waals surface area contributed by atoms with Crippen LogP contribution in [0.3, 0.4) is 0 Å². The largest absolute Gasteiger partial charge is 0.311 e. The first-order chi connectivity index (χ1) is 34.4. The summed E-state index contributed by atoms with van der Waals surface area (Å²) in [7, 11) is 0. The molecule has 0 bridgehead atoms. The Labute approximate surface area is 407 Å². The lowest BCUT2D eigenvalue weighted by Crippen LogP contribution is -2.13. The summed E-state index contributed by atoms with van der Waals surface area (Å²) in [5.41, 5.74) is 10.7. The summed E-state index contributed by atoms with van der Waals surface area (Å²) < 4.78 is 0. The highest BCUT2D eigenvalue weighted by Crippen LogP contribution is 2.42. The van der Waals surface area contributed by atoms with Gasteiger partial charge in [-0.15, -0.1) is 0 Å². The second kappa shape index (κ2) is 20.1. The van der Waals surface area contributed by atoms with Crippen molar-refractivity contribution < 1.29 is 19.2 Å². The van der Waals surface area contributed by atoms with Crippen molar-refractivity contribution in [2.75, 3.05) is 9.80 Å². The van der Waals surface area contributed by atoms with E-state index in [-0.39, 0.29) is 23.1 Å². The number of ketones is 4. The highest BCUT2D eigenvalue weighted by molar-refractivity contribution is 6.20. The Hall–Kier alpha value is -9.52. The van der Waals surface area contributed by atoms with Gasteiger partial charge in [0.15, 0.2) is 23.1 Å². The van der Waals surface area contributed by atoms with Crippen LogP contribution in [0.25, 0.3) is 11.1 Å². The molecule has 6 nitrogen and oxygen atoms in total. The number of para-hydroxylation sites is 3.